The monoisotopic (exact) mass is 459 g/mol. The van der Waals surface area contributed by atoms with Crippen molar-refractivity contribution in [3.8, 4) is 10.6 Å². The number of fused-ring (bicyclic) bond motifs is 1. The van der Waals surface area contributed by atoms with E-state index < -0.39 is 0 Å². The molecule has 5 rings (SSSR count). The van der Waals surface area contributed by atoms with Crippen molar-refractivity contribution in [3.63, 3.8) is 0 Å². The maximum Gasteiger partial charge on any atom is 0.253 e. The topological polar surface area (TPSA) is 62.3 Å². The number of piperidine rings is 1. The van der Waals surface area contributed by atoms with E-state index in [1.165, 1.54) is 24.3 Å². The van der Waals surface area contributed by atoms with Gasteiger partial charge in [0, 0.05) is 35.8 Å². The smallest absolute Gasteiger partial charge is 0.253 e. The molecule has 0 saturated carbocycles. The van der Waals surface area contributed by atoms with Crippen LogP contribution in [0.5, 0.6) is 0 Å². The molecule has 1 N–H and O–H groups in total. The lowest BCUT2D eigenvalue weighted by Crippen LogP contribution is -2.41. The van der Waals surface area contributed by atoms with E-state index in [0.29, 0.717) is 31.5 Å². The highest BCUT2D eigenvalue weighted by Crippen LogP contribution is 2.31. The average Bonchev–Trinajstić information content (AvgIpc) is 3.29. The van der Waals surface area contributed by atoms with Crippen molar-refractivity contribution in [1.82, 2.24) is 9.88 Å². The molecule has 0 bridgehead atoms. The second-order valence-corrected chi connectivity index (χ2v) is 9.16. The average molecular weight is 460 g/mol. The quantitative estimate of drug-likeness (QED) is 0.433. The van der Waals surface area contributed by atoms with Crippen molar-refractivity contribution in [2.75, 3.05) is 18.4 Å². The molecule has 166 valence electrons. The molecule has 1 saturated heterocycles. The number of para-hydroxylation sites is 1. The number of thiazole rings is 1. The summed E-state index contributed by atoms with van der Waals surface area (Å²) in [5, 5.41) is 3.95. The Morgan fingerprint density at radius 3 is 2.33 bits per heavy atom. The molecule has 4 aromatic rings. The lowest BCUT2D eigenvalue weighted by atomic mass is 9.95. The van der Waals surface area contributed by atoms with Crippen molar-refractivity contribution in [1.29, 1.82) is 0 Å². The highest BCUT2D eigenvalue weighted by molar-refractivity contribution is 7.21. The zero-order chi connectivity index (χ0) is 22.8. The van der Waals surface area contributed by atoms with Gasteiger partial charge in [-0.05, 0) is 73.5 Å². The van der Waals surface area contributed by atoms with Gasteiger partial charge in [-0.25, -0.2) is 9.37 Å². The molecule has 3 aromatic carbocycles. The molecule has 0 atom stereocenters. The van der Waals surface area contributed by atoms with Crippen LogP contribution in [-0.2, 0) is 4.79 Å². The van der Waals surface area contributed by atoms with Crippen LogP contribution in [0.1, 0.15) is 23.2 Å². The van der Waals surface area contributed by atoms with E-state index in [1.807, 2.05) is 42.5 Å². The predicted octanol–water partition coefficient (Wildman–Crippen LogP) is 5.59. The van der Waals surface area contributed by atoms with E-state index >= 15 is 0 Å². The van der Waals surface area contributed by atoms with Crippen molar-refractivity contribution in [2.45, 2.75) is 12.8 Å². The normalized spacial score (nSPS) is 14.4. The number of halogens is 1. The van der Waals surface area contributed by atoms with Crippen molar-refractivity contribution < 1.29 is 14.0 Å². The number of benzene rings is 3. The molecular formula is C26H22FN3O2S. The van der Waals surface area contributed by atoms with Gasteiger partial charge in [0.2, 0.25) is 5.91 Å². The molecule has 0 aliphatic carbocycles. The number of nitrogens with zero attached hydrogens (tertiary/aromatic N) is 2. The molecule has 33 heavy (non-hydrogen) atoms. The highest BCUT2D eigenvalue weighted by atomic mass is 32.1. The van der Waals surface area contributed by atoms with Gasteiger partial charge in [0.1, 0.15) is 10.8 Å². The summed E-state index contributed by atoms with van der Waals surface area (Å²) in [5.41, 5.74) is 3.21. The molecule has 0 radical (unpaired) electrons. The van der Waals surface area contributed by atoms with Crippen LogP contribution in [0.15, 0.2) is 72.8 Å². The first-order valence-corrected chi connectivity index (χ1v) is 11.7. The summed E-state index contributed by atoms with van der Waals surface area (Å²) in [7, 11) is 0. The van der Waals surface area contributed by atoms with Crippen molar-refractivity contribution in [2.24, 2.45) is 5.92 Å². The zero-order valence-electron chi connectivity index (χ0n) is 17.8. The Bertz CT molecular complexity index is 1260. The minimum Gasteiger partial charge on any atom is -0.339 e. The Morgan fingerprint density at radius 2 is 1.64 bits per heavy atom. The second-order valence-electron chi connectivity index (χ2n) is 8.13. The van der Waals surface area contributed by atoms with Crippen LogP contribution in [0.3, 0.4) is 0 Å². The maximum atomic E-state index is 13.1. The van der Waals surface area contributed by atoms with E-state index in [2.05, 4.69) is 16.4 Å². The van der Waals surface area contributed by atoms with Gasteiger partial charge >= 0.3 is 0 Å². The Kier molecular flexibility index (Phi) is 5.88. The molecule has 5 nitrogen and oxygen atoms in total. The van der Waals surface area contributed by atoms with Crippen LogP contribution in [0.2, 0.25) is 0 Å². The van der Waals surface area contributed by atoms with Crippen LogP contribution in [-0.4, -0.2) is 34.8 Å². The fourth-order valence-corrected chi connectivity index (χ4v) is 5.03. The Balaban J connectivity index is 1.17. The fraction of sp³-hybridized carbons (Fsp3) is 0.192. The number of rotatable bonds is 4. The van der Waals surface area contributed by atoms with Crippen LogP contribution >= 0.6 is 11.3 Å². The summed E-state index contributed by atoms with van der Waals surface area (Å²) in [4.78, 5) is 31.7. The minimum atomic E-state index is -0.366. The number of anilines is 1. The zero-order valence-corrected chi connectivity index (χ0v) is 18.6. The first-order chi connectivity index (χ1) is 16.1. The molecule has 1 aliphatic rings. The number of carbonyl (C=O) groups excluding carboxylic acids is 2. The number of aromatic nitrogens is 1. The number of amides is 2. The molecule has 2 amide bonds. The molecule has 1 aromatic heterocycles. The van der Waals surface area contributed by atoms with Crippen LogP contribution < -0.4 is 5.32 Å². The van der Waals surface area contributed by atoms with Gasteiger partial charge in [-0.1, -0.05) is 12.1 Å². The molecule has 1 fully saturated rings. The lowest BCUT2D eigenvalue weighted by molar-refractivity contribution is -0.121. The van der Waals surface area contributed by atoms with Crippen molar-refractivity contribution >= 4 is 39.1 Å². The summed E-state index contributed by atoms with van der Waals surface area (Å²) in [6.45, 7) is 1.01. The van der Waals surface area contributed by atoms with Crippen molar-refractivity contribution in [3.05, 3.63) is 84.2 Å². The molecule has 0 unspecified atom stereocenters. The van der Waals surface area contributed by atoms with Gasteiger partial charge in [0.15, 0.2) is 0 Å². The van der Waals surface area contributed by atoms with Gasteiger partial charge < -0.3 is 10.2 Å². The standard InChI is InChI=1S/C26H22FN3O2S/c27-20-9-5-19(6-10-20)26(32)30-15-13-17(14-16-30)24(31)28-21-11-7-18(8-12-21)25-29-22-3-1-2-4-23(22)33-25/h1-12,17H,13-16H2,(H,28,31). The highest BCUT2D eigenvalue weighted by Gasteiger charge is 2.28. The molecule has 1 aliphatic heterocycles. The largest absolute Gasteiger partial charge is 0.339 e. The summed E-state index contributed by atoms with van der Waals surface area (Å²) >= 11 is 1.65. The van der Waals surface area contributed by atoms with E-state index in [0.717, 1.165) is 26.5 Å². The van der Waals surface area contributed by atoms with Gasteiger partial charge in [-0.3, -0.25) is 9.59 Å². The number of carbonyl (C=O) groups is 2. The summed E-state index contributed by atoms with van der Waals surface area (Å²) < 4.78 is 14.2. The summed E-state index contributed by atoms with van der Waals surface area (Å²) in [6, 6.07) is 21.3. The van der Waals surface area contributed by atoms with E-state index in [1.54, 1.807) is 16.2 Å². The number of hydrogen-bond donors (Lipinski definition) is 1. The second kappa shape index (κ2) is 9.11. The van der Waals surface area contributed by atoms with E-state index in [4.69, 9.17) is 0 Å². The van der Waals surface area contributed by atoms with Crippen LogP contribution in [0.25, 0.3) is 20.8 Å². The van der Waals surface area contributed by atoms with Gasteiger partial charge in [-0.15, -0.1) is 11.3 Å². The number of nitrogens with one attached hydrogen (secondary N) is 1. The minimum absolute atomic E-state index is 0.0309. The van der Waals surface area contributed by atoms with Gasteiger partial charge in [-0.2, -0.15) is 0 Å². The van der Waals surface area contributed by atoms with E-state index in [9.17, 15) is 14.0 Å². The third kappa shape index (κ3) is 4.64. The number of likely N-dealkylation sites (tertiary alicyclic amines) is 1. The van der Waals surface area contributed by atoms with Crippen LogP contribution in [0.4, 0.5) is 10.1 Å². The maximum absolute atomic E-state index is 13.1. The molecule has 2 heterocycles. The summed E-state index contributed by atoms with van der Waals surface area (Å²) in [5.74, 6) is -0.669. The van der Waals surface area contributed by atoms with Gasteiger partial charge in [0.05, 0.1) is 10.2 Å². The third-order valence-electron chi connectivity index (χ3n) is 5.94. The third-order valence-corrected chi connectivity index (χ3v) is 7.02. The predicted molar refractivity (Wildman–Crippen MR) is 129 cm³/mol. The molecule has 0 spiro atoms. The Labute approximate surface area is 194 Å². The van der Waals surface area contributed by atoms with Gasteiger partial charge in [0.25, 0.3) is 5.91 Å². The first kappa shape index (κ1) is 21.3. The molecule has 7 heteroatoms. The van der Waals surface area contributed by atoms with E-state index in [-0.39, 0.29) is 23.5 Å². The van der Waals surface area contributed by atoms with Crippen LogP contribution in [0, 0.1) is 11.7 Å². The number of hydrogen-bond acceptors (Lipinski definition) is 4. The Morgan fingerprint density at radius 1 is 0.939 bits per heavy atom. The lowest BCUT2D eigenvalue weighted by Gasteiger charge is -2.31. The first-order valence-electron chi connectivity index (χ1n) is 10.9. The fourth-order valence-electron chi connectivity index (χ4n) is 4.06. The summed E-state index contributed by atoms with van der Waals surface area (Å²) in [6.07, 6.45) is 1.20. The SMILES string of the molecule is O=C(Nc1ccc(-c2nc3ccccc3s2)cc1)C1CCN(C(=O)c2ccc(F)cc2)CC1. The molecular weight excluding hydrogens is 437 g/mol. The Hall–Kier alpha value is -3.58.